The fraction of sp³-hybridized carbons (Fsp3) is 0.333. The molecule has 146 valence electrons. The Balaban J connectivity index is 0.000000706. The largest absolute Gasteiger partial charge is 0.483 e. The first kappa shape index (κ1) is 19.2. The molecular formula is C18H21N7O3. The first-order chi connectivity index (χ1) is 13.6. The molecule has 1 aliphatic heterocycles. The number of fused-ring (bicyclic) bond motifs is 1. The van der Waals surface area contributed by atoms with Gasteiger partial charge in [0.25, 0.3) is 12.4 Å². The van der Waals surface area contributed by atoms with Gasteiger partial charge in [-0.25, -0.2) is 9.97 Å². The van der Waals surface area contributed by atoms with Crippen LogP contribution in [0.25, 0.3) is 11.0 Å². The van der Waals surface area contributed by atoms with Crippen molar-refractivity contribution < 1.29 is 14.7 Å². The molecule has 2 N–H and O–H groups in total. The highest BCUT2D eigenvalue weighted by Crippen LogP contribution is 2.16. The number of amides is 1. The Kier molecular flexibility index (Phi) is 6.10. The molecule has 4 heterocycles. The van der Waals surface area contributed by atoms with Crippen LogP contribution in [0.1, 0.15) is 23.2 Å². The summed E-state index contributed by atoms with van der Waals surface area (Å²) in [6, 6.07) is 3.79. The third-order valence-corrected chi connectivity index (χ3v) is 4.53. The van der Waals surface area contributed by atoms with E-state index in [9.17, 15) is 4.79 Å². The number of carbonyl (C=O) groups excluding carboxylic acids is 1. The predicted molar refractivity (Wildman–Crippen MR) is 102 cm³/mol. The molecule has 3 aromatic rings. The van der Waals surface area contributed by atoms with Crippen LogP contribution in [-0.2, 0) is 11.8 Å². The number of pyridine rings is 1. The highest BCUT2D eigenvalue weighted by atomic mass is 16.3. The van der Waals surface area contributed by atoms with Gasteiger partial charge in [0.2, 0.25) is 5.95 Å². The van der Waals surface area contributed by atoms with Gasteiger partial charge in [0, 0.05) is 44.8 Å². The molecule has 0 saturated carbocycles. The molecule has 10 heteroatoms. The normalized spacial score (nSPS) is 14.2. The molecule has 0 aliphatic carbocycles. The molecule has 28 heavy (non-hydrogen) atoms. The minimum Gasteiger partial charge on any atom is -0.483 e. The number of hydrogen-bond acceptors (Lipinski definition) is 7. The second-order valence-electron chi connectivity index (χ2n) is 6.29. The van der Waals surface area contributed by atoms with Gasteiger partial charge in [0.15, 0.2) is 0 Å². The molecule has 0 aromatic carbocycles. The quantitative estimate of drug-likeness (QED) is 0.638. The zero-order valence-corrected chi connectivity index (χ0v) is 15.4. The van der Waals surface area contributed by atoms with E-state index in [0.717, 1.165) is 42.9 Å². The summed E-state index contributed by atoms with van der Waals surface area (Å²) in [6.45, 7) is 1.40. The van der Waals surface area contributed by atoms with Gasteiger partial charge in [0.05, 0.1) is 17.3 Å². The molecule has 0 bridgehead atoms. The Morgan fingerprint density at radius 3 is 2.57 bits per heavy atom. The van der Waals surface area contributed by atoms with E-state index in [1.807, 2.05) is 19.2 Å². The summed E-state index contributed by atoms with van der Waals surface area (Å²) in [5.41, 5.74) is 2.20. The van der Waals surface area contributed by atoms with E-state index < -0.39 is 0 Å². The summed E-state index contributed by atoms with van der Waals surface area (Å²) in [6.07, 6.45) is 8.52. The average molecular weight is 383 g/mol. The van der Waals surface area contributed by atoms with Gasteiger partial charge in [-0.05, 0) is 25.0 Å². The maximum Gasteiger partial charge on any atom is 0.290 e. The number of aromatic nitrogens is 5. The average Bonchev–Trinajstić information content (AvgIpc) is 3.10. The first-order valence-corrected chi connectivity index (χ1v) is 8.81. The number of carboxylic acid groups (broad SMARTS) is 1. The van der Waals surface area contributed by atoms with Crippen LogP contribution in [0.5, 0.6) is 0 Å². The first-order valence-electron chi connectivity index (χ1n) is 8.81. The van der Waals surface area contributed by atoms with E-state index in [2.05, 4.69) is 30.3 Å². The lowest BCUT2D eigenvalue weighted by atomic mass is 10.0. The Hall–Kier alpha value is -3.56. The Morgan fingerprint density at radius 1 is 1.21 bits per heavy atom. The van der Waals surface area contributed by atoms with Crippen LogP contribution >= 0.6 is 0 Å². The van der Waals surface area contributed by atoms with E-state index in [-0.39, 0.29) is 18.4 Å². The van der Waals surface area contributed by atoms with E-state index in [4.69, 9.17) is 9.90 Å². The molecule has 1 aliphatic rings. The van der Waals surface area contributed by atoms with Crippen molar-refractivity contribution in [2.24, 2.45) is 7.05 Å². The second kappa shape index (κ2) is 8.89. The molecule has 1 fully saturated rings. The van der Waals surface area contributed by atoms with Crippen molar-refractivity contribution in [3.63, 3.8) is 0 Å². The fourth-order valence-corrected chi connectivity index (χ4v) is 3.10. The highest BCUT2D eigenvalue weighted by molar-refractivity contribution is 5.96. The number of nitrogens with zero attached hydrogens (tertiary/aromatic N) is 6. The number of aryl methyl sites for hydroxylation is 1. The summed E-state index contributed by atoms with van der Waals surface area (Å²) >= 11 is 0. The van der Waals surface area contributed by atoms with Gasteiger partial charge in [-0.15, -0.1) is 0 Å². The van der Waals surface area contributed by atoms with Gasteiger partial charge < -0.3 is 15.3 Å². The monoisotopic (exact) mass is 383 g/mol. The molecule has 1 saturated heterocycles. The summed E-state index contributed by atoms with van der Waals surface area (Å²) in [7, 11) is 1.84. The van der Waals surface area contributed by atoms with Crippen LogP contribution in [-0.4, -0.2) is 61.3 Å². The third-order valence-electron chi connectivity index (χ3n) is 4.53. The Morgan fingerprint density at radius 2 is 1.89 bits per heavy atom. The van der Waals surface area contributed by atoms with Crippen molar-refractivity contribution in [1.82, 2.24) is 30.0 Å². The number of nitrogens with one attached hydrogen (secondary N) is 1. The lowest BCUT2D eigenvalue weighted by Gasteiger charge is -2.32. The smallest absolute Gasteiger partial charge is 0.290 e. The van der Waals surface area contributed by atoms with Gasteiger partial charge in [-0.2, -0.15) is 5.10 Å². The van der Waals surface area contributed by atoms with E-state index in [0.29, 0.717) is 5.56 Å². The molecule has 4 rings (SSSR count). The predicted octanol–water partition coefficient (Wildman–Crippen LogP) is 0.858. The summed E-state index contributed by atoms with van der Waals surface area (Å²) in [5.74, 6) is 0.656. The zero-order chi connectivity index (χ0) is 19.9. The van der Waals surface area contributed by atoms with E-state index in [1.54, 1.807) is 29.5 Å². The van der Waals surface area contributed by atoms with Crippen LogP contribution < -0.4 is 10.2 Å². The minimum atomic E-state index is -0.250. The van der Waals surface area contributed by atoms with Crippen molar-refractivity contribution in [3.05, 3.63) is 42.5 Å². The number of piperidine rings is 1. The van der Waals surface area contributed by atoms with Gasteiger partial charge in [-0.3, -0.25) is 19.3 Å². The fourth-order valence-electron chi connectivity index (χ4n) is 3.10. The number of carbonyl (C=O) groups is 2. The van der Waals surface area contributed by atoms with Gasteiger partial charge >= 0.3 is 0 Å². The van der Waals surface area contributed by atoms with Crippen LogP contribution in [0.3, 0.4) is 0 Å². The van der Waals surface area contributed by atoms with Crippen LogP contribution in [0.2, 0.25) is 0 Å². The Labute approximate surface area is 161 Å². The summed E-state index contributed by atoms with van der Waals surface area (Å²) in [4.78, 5) is 35.9. The maximum absolute atomic E-state index is 12.5. The van der Waals surface area contributed by atoms with Crippen molar-refractivity contribution >= 4 is 29.4 Å². The van der Waals surface area contributed by atoms with E-state index in [1.165, 1.54) is 0 Å². The Bertz CT molecular complexity index is 937. The molecule has 0 radical (unpaired) electrons. The molecule has 0 unspecified atom stereocenters. The number of rotatable bonds is 3. The summed E-state index contributed by atoms with van der Waals surface area (Å²) < 4.78 is 1.72. The molecular weight excluding hydrogens is 362 g/mol. The summed E-state index contributed by atoms with van der Waals surface area (Å²) in [5, 5.41) is 14.2. The highest BCUT2D eigenvalue weighted by Gasteiger charge is 2.22. The maximum atomic E-state index is 12.5. The number of anilines is 1. The van der Waals surface area contributed by atoms with Crippen molar-refractivity contribution in [2.45, 2.75) is 18.9 Å². The molecule has 1 amide bonds. The topological polar surface area (TPSA) is 126 Å². The number of hydrogen-bond donors (Lipinski definition) is 2. The standard InChI is InChI=1S/C17H19N7O.CH2O2/c1-23-15-9-12(10-20-14(15)11-21-23)16(25)22-13-3-7-24(8-4-13)17-18-5-2-6-19-17;2-1-3/h2,5-6,9-11,13H,3-4,7-8H2,1H3,(H,22,25);1H,(H,2,3). The molecule has 10 nitrogen and oxygen atoms in total. The van der Waals surface area contributed by atoms with Crippen molar-refractivity contribution in [2.75, 3.05) is 18.0 Å². The van der Waals surface area contributed by atoms with Crippen LogP contribution in [0.15, 0.2) is 36.9 Å². The lowest BCUT2D eigenvalue weighted by Crippen LogP contribution is -2.45. The molecule has 0 spiro atoms. The van der Waals surface area contributed by atoms with Crippen molar-refractivity contribution in [3.8, 4) is 0 Å². The molecule has 3 aromatic heterocycles. The zero-order valence-electron chi connectivity index (χ0n) is 15.4. The van der Waals surface area contributed by atoms with E-state index >= 15 is 0 Å². The van der Waals surface area contributed by atoms with Crippen molar-refractivity contribution in [1.29, 1.82) is 0 Å². The lowest BCUT2D eigenvalue weighted by molar-refractivity contribution is -0.122. The third kappa shape index (κ3) is 4.40. The van der Waals surface area contributed by atoms with Crippen LogP contribution in [0, 0.1) is 0 Å². The van der Waals surface area contributed by atoms with Gasteiger partial charge in [0.1, 0.15) is 5.52 Å². The SMILES string of the molecule is Cn1ncc2ncc(C(=O)NC3CCN(c4ncccn4)CC3)cc21.O=CO. The van der Waals surface area contributed by atoms with Gasteiger partial charge in [-0.1, -0.05) is 0 Å². The minimum absolute atomic E-state index is 0.0926. The molecule has 0 atom stereocenters. The van der Waals surface area contributed by atoms with Crippen LogP contribution in [0.4, 0.5) is 5.95 Å². The second-order valence-corrected chi connectivity index (χ2v) is 6.29.